The molecule has 0 spiro atoms. The highest BCUT2D eigenvalue weighted by Gasteiger charge is 2.10. The summed E-state index contributed by atoms with van der Waals surface area (Å²) in [7, 11) is 2.81. The maximum Gasteiger partial charge on any atom is 0.307 e. The lowest BCUT2D eigenvalue weighted by atomic mass is 10.4. The summed E-state index contributed by atoms with van der Waals surface area (Å²) < 4.78 is 9.52. The number of nitrogens with zero attached hydrogens (tertiary/aromatic N) is 2. The Morgan fingerprint density at radius 1 is 1.50 bits per heavy atom. The summed E-state index contributed by atoms with van der Waals surface area (Å²) in [6.07, 6.45) is 1.55. The molecule has 0 saturated carbocycles. The fraction of sp³-hybridized carbons (Fsp3) is 0.444. The van der Waals surface area contributed by atoms with Crippen LogP contribution in [0.4, 0.5) is 5.82 Å². The molecule has 0 saturated heterocycles. The third-order valence-electron chi connectivity index (χ3n) is 1.81. The van der Waals surface area contributed by atoms with Crippen LogP contribution >= 0.6 is 11.6 Å². The molecule has 88 valence electrons. The Kier molecular flexibility index (Phi) is 4.78. The van der Waals surface area contributed by atoms with E-state index in [0.29, 0.717) is 18.1 Å². The van der Waals surface area contributed by atoms with E-state index in [-0.39, 0.29) is 17.5 Å². The fourth-order valence-corrected chi connectivity index (χ4v) is 1.25. The Balaban J connectivity index is 2.60. The minimum atomic E-state index is -0.299. The fourth-order valence-electron chi connectivity index (χ4n) is 1.04. The topological polar surface area (TPSA) is 73.3 Å². The molecule has 1 aromatic rings. The number of ether oxygens (including phenoxy) is 2. The summed E-state index contributed by atoms with van der Waals surface area (Å²) in [4.78, 5) is 18.6. The second-order valence-electron chi connectivity index (χ2n) is 2.80. The molecule has 1 rings (SSSR count). The van der Waals surface area contributed by atoms with Crippen molar-refractivity contribution in [3.8, 4) is 5.75 Å². The molecular weight excluding hydrogens is 234 g/mol. The number of hydrogen-bond donors (Lipinski definition) is 1. The SMILES string of the molecule is COC(=O)CCNc1ncnc(Cl)c1OC. The van der Waals surface area contributed by atoms with Gasteiger partial charge in [0.1, 0.15) is 6.33 Å². The summed E-state index contributed by atoms with van der Waals surface area (Å²) in [6, 6.07) is 0. The maximum absolute atomic E-state index is 10.9. The van der Waals surface area contributed by atoms with Crippen molar-refractivity contribution in [1.82, 2.24) is 9.97 Å². The summed E-state index contributed by atoms with van der Waals surface area (Å²) in [5.74, 6) is 0.507. The third kappa shape index (κ3) is 3.23. The zero-order valence-corrected chi connectivity index (χ0v) is 9.74. The van der Waals surface area contributed by atoms with Gasteiger partial charge in [0, 0.05) is 6.54 Å². The minimum absolute atomic E-state index is 0.220. The zero-order chi connectivity index (χ0) is 12.0. The lowest BCUT2D eigenvalue weighted by molar-refractivity contribution is -0.140. The van der Waals surface area contributed by atoms with Crippen LogP contribution in [0.3, 0.4) is 0 Å². The average molecular weight is 246 g/mol. The number of methoxy groups -OCH3 is 2. The van der Waals surface area contributed by atoms with Gasteiger partial charge in [0.05, 0.1) is 20.6 Å². The van der Waals surface area contributed by atoms with Crippen LogP contribution in [0.25, 0.3) is 0 Å². The Morgan fingerprint density at radius 3 is 2.88 bits per heavy atom. The lowest BCUT2D eigenvalue weighted by Gasteiger charge is -2.09. The minimum Gasteiger partial charge on any atom is -0.490 e. The van der Waals surface area contributed by atoms with Gasteiger partial charge in [0.25, 0.3) is 0 Å². The van der Waals surface area contributed by atoms with Gasteiger partial charge in [-0.1, -0.05) is 11.6 Å². The van der Waals surface area contributed by atoms with Gasteiger partial charge in [-0.05, 0) is 0 Å². The molecule has 1 heterocycles. The summed E-state index contributed by atoms with van der Waals surface area (Å²) >= 11 is 5.79. The molecule has 0 aliphatic rings. The van der Waals surface area contributed by atoms with Gasteiger partial charge in [0.2, 0.25) is 0 Å². The van der Waals surface area contributed by atoms with Gasteiger partial charge in [-0.2, -0.15) is 0 Å². The van der Waals surface area contributed by atoms with Gasteiger partial charge in [-0.15, -0.1) is 0 Å². The highest BCUT2D eigenvalue weighted by molar-refractivity contribution is 6.31. The van der Waals surface area contributed by atoms with Gasteiger partial charge in [0.15, 0.2) is 16.7 Å². The van der Waals surface area contributed by atoms with Crippen LogP contribution in [0.1, 0.15) is 6.42 Å². The zero-order valence-electron chi connectivity index (χ0n) is 8.99. The molecule has 1 aromatic heterocycles. The van der Waals surface area contributed by atoms with Crippen LogP contribution in [0.2, 0.25) is 5.15 Å². The molecule has 1 N–H and O–H groups in total. The molecule has 16 heavy (non-hydrogen) atoms. The van der Waals surface area contributed by atoms with Crippen molar-refractivity contribution < 1.29 is 14.3 Å². The number of hydrogen-bond acceptors (Lipinski definition) is 6. The normalized spacial score (nSPS) is 9.69. The Hall–Kier alpha value is -1.56. The molecule has 0 radical (unpaired) electrons. The van der Waals surface area contributed by atoms with Crippen molar-refractivity contribution >= 4 is 23.4 Å². The summed E-state index contributed by atoms with van der Waals surface area (Å²) in [5, 5.41) is 3.13. The quantitative estimate of drug-likeness (QED) is 0.619. The van der Waals surface area contributed by atoms with Gasteiger partial charge < -0.3 is 14.8 Å². The first-order valence-electron chi connectivity index (χ1n) is 4.54. The molecule has 6 nitrogen and oxygen atoms in total. The third-order valence-corrected chi connectivity index (χ3v) is 2.08. The van der Waals surface area contributed by atoms with Crippen LogP contribution in [-0.2, 0) is 9.53 Å². The van der Waals surface area contributed by atoms with Crippen molar-refractivity contribution in [2.45, 2.75) is 6.42 Å². The number of carbonyl (C=O) groups excluding carboxylic acids is 1. The van der Waals surface area contributed by atoms with Crippen molar-refractivity contribution in [1.29, 1.82) is 0 Å². The molecular formula is C9H12ClN3O3. The summed E-state index contributed by atoms with van der Waals surface area (Å²) in [6.45, 7) is 0.385. The van der Waals surface area contributed by atoms with E-state index in [1.807, 2.05) is 0 Å². The van der Waals surface area contributed by atoms with E-state index in [1.165, 1.54) is 20.5 Å². The first kappa shape index (κ1) is 12.5. The number of anilines is 1. The summed E-state index contributed by atoms with van der Waals surface area (Å²) in [5.41, 5.74) is 0. The van der Waals surface area contributed by atoms with E-state index < -0.39 is 0 Å². The van der Waals surface area contributed by atoms with Crippen molar-refractivity contribution in [3.05, 3.63) is 11.5 Å². The van der Waals surface area contributed by atoms with E-state index in [1.54, 1.807) is 0 Å². The molecule has 0 fully saturated rings. The van der Waals surface area contributed by atoms with Crippen LogP contribution in [-0.4, -0.2) is 36.7 Å². The second kappa shape index (κ2) is 6.12. The van der Waals surface area contributed by atoms with E-state index in [4.69, 9.17) is 16.3 Å². The van der Waals surface area contributed by atoms with Crippen LogP contribution < -0.4 is 10.1 Å². The lowest BCUT2D eigenvalue weighted by Crippen LogP contribution is -2.11. The number of aromatic nitrogens is 2. The Bertz CT molecular complexity index is 373. The first-order valence-corrected chi connectivity index (χ1v) is 4.92. The van der Waals surface area contributed by atoms with E-state index >= 15 is 0 Å². The molecule has 0 aliphatic carbocycles. The standard InChI is InChI=1S/C9H12ClN3O3/c1-15-6(14)3-4-11-9-7(16-2)8(10)12-5-13-9/h5H,3-4H2,1-2H3,(H,11,12,13). The van der Waals surface area contributed by atoms with Crippen molar-refractivity contribution in [2.75, 3.05) is 26.1 Å². The van der Waals surface area contributed by atoms with Gasteiger partial charge in [-0.25, -0.2) is 9.97 Å². The van der Waals surface area contributed by atoms with Crippen LogP contribution in [0.15, 0.2) is 6.33 Å². The maximum atomic E-state index is 10.9. The predicted molar refractivity (Wildman–Crippen MR) is 58.7 cm³/mol. The van der Waals surface area contributed by atoms with Gasteiger partial charge >= 0.3 is 5.97 Å². The van der Waals surface area contributed by atoms with Crippen molar-refractivity contribution in [2.24, 2.45) is 0 Å². The average Bonchev–Trinajstić information content (AvgIpc) is 2.29. The van der Waals surface area contributed by atoms with E-state index in [0.717, 1.165) is 0 Å². The van der Waals surface area contributed by atoms with Crippen molar-refractivity contribution in [3.63, 3.8) is 0 Å². The van der Waals surface area contributed by atoms with E-state index in [2.05, 4.69) is 20.0 Å². The van der Waals surface area contributed by atoms with Crippen LogP contribution in [0, 0.1) is 0 Å². The highest BCUT2D eigenvalue weighted by Crippen LogP contribution is 2.27. The largest absolute Gasteiger partial charge is 0.490 e. The molecule has 0 atom stereocenters. The van der Waals surface area contributed by atoms with Crippen LogP contribution in [0.5, 0.6) is 5.75 Å². The van der Waals surface area contributed by atoms with E-state index in [9.17, 15) is 4.79 Å². The number of rotatable bonds is 5. The number of nitrogens with one attached hydrogen (secondary N) is 1. The molecule has 0 aliphatic heterocycles. The monoisotopic (exact) mass is 245 g/mol. The smallest absolute Gasteiger partial charge is 0.307 e. The number of halogens is 1. The predicted octanol–water partition coefficient (Wildman–Crippen LogP) is 1.11. The number of carbonyl (C=O) groups is 1. The molecule has 7 heteroatoms. The molecule has 0 aromatic carbocycles. The van der Waals surface area contributed by atoms with Gasteiger partial charge in [-0.3, -0.25) is 4.79 Å². The number of esters is 1. The Labute approximate surface area is 97.9 Å². The first-order chi connectivity index (χ1) is 7.69. The Morgan fingerprint density at radius 2 is 2.25 bits per heavy atom. The second-order valence-corrected chi connectivity index (χ2v) is 3.16. The molecule has 0 bridgehead atoms. The highest BCUT2D eigenvalue weighted by atomic mass is 35.5. The molecule has 0 amide bonds. The molecule has 0 unspecified atom stereocenters.